The molecule has 154 valence electrons. The monoisotopic (exact) mass is 406 g/mol. The summed E-state index contributed by atoms with van der Waals surface area (Å²) >= 11 is 0. The van der Waals surface area contributed by atoms with Crippen molar-refractivity contribution in [2.24, 2.45) is 0 Å². The Morgan fingerprint density at radius 2 is 1.86 bits per heavy atom. The van der Waals surface area contributed by atoms with Crippen molar-refractivity contribution in [2.75, 3.05) is 38.2 Å². The fourth-order valence-electron chi connectivity index (χ4n) is 3.62. The third kappa shape index (κ3) is 3.84. The number of nitrogens with zero attached hydrogens (tertiary/aromatic N) is 6. The number of halogens is 3. The first-order chi connectivity index (χ1) is 13.9. The quantitative estimate of drug-likeness (QED) is 0.664. The molecule has 1 fully saturated rings. The number of anilines is 1. The molecule has 3 heterocycles. The first-order valence-electron chi connectivity index (χ1n) is 9.28. The molecule has 0 radical (unpaired) electrons. The van der Waals surface area contributed by atoms with E-state index in [1.807, 2.05) is 23.1 Å². The van der Waals surface area contributed by atoms with Gasteiger partial charge in [-0.15, -0.1) is 0 Å². The van der Waals surface area contributed by atoms with E-state index in [1.54, 1.807) is 7.11 Å². The summed E-state index contributed by atoms with van der Waals surface area (Å²) in [6.07, 6.45) is -3.32. The summed E-state index contributed by atoms with van der Waals surface area (Å²) in [6.45, 7) is 4.68. The van der Waals surface area contributed by atoms with E-state index >= 15 is 0 Å². The number of hydrogen-bond acceptors (Lipinski definition) is 6. The molecule has 3 aromatic rings. The molecule has 0 amide bonds. The van der Waals surface area contributed by atoms with Gasteiger partial charge in [0, 0.05) is 38.3 Å². The number of methoxy groups -OCH3 is 1. The highest BCUT2D eigenvalue weighted by atomic mass is 19.4. The van der Waals surface area contributed by atoms with Crippen molar-refractivity contribution >= 4 is 11.6 Å². The highest BCUT2D eigenvalue weighted by Gasteiger charge is 2.35. The van der Waals surface area contributed by atoms with Gasteiger partial charge in [-0.3, -0.25) is 4.90 Å². The predicted molar refractivity (Wildman–Crippen MR) is 101 cm³/mol. The number of benzene rings is 1. The molecule has 0 spiro atoms. The van der Waals surface area contributed by atoms with Crippen molar-refractivity contribution in [3.05, 3.63) is 47.9 Å². The molecule has 1 saturated heterocycles. The molecular formula is C19H21F3N6O. The van der Waals surface area contributed by atoms with Crippen molar-refractivity contribution < 1.29 is 17.9 Å². The Hall–Kier alpha value is -2.88. The maximum absolute atomic E-state index is 13.2. The molecule has 29 heavy (non-hydrogen) atoms. The van der Waals surface area contributed by atoms with Gasteiger partial charge in [-0.1, -0.05) is 12.1 Å². The van der Waals surface area contributed by atoms with Crippen LogP contribution in [0.4, 0.5) is 19.0 Å². The molecule has 4 rings (SSSR count). The van der Waals surface area contributed by atoms with Crippen LogP contribution in [-0.4, -0.2) is 57.8 Å². The van der Waals surface area contributed by atoms with Crippen molar-refractivity contribution in [1.29, 1.82) is 0 Å². The molecule has 1 aliphatic rings. The van der Waals surface area contributed by atoms with E-state index in [9.17, 15) is 13.2 Å². The zero-order valence-corrected chi connectivity index (χ0v) is 16.1. The molecular weight excluding hydrogens is 385 g/mol. The molecule has 1 aromatic carbocycles. The van der Waals surface area contributed by atoms with E-state index in [-0.39, 0.29) is 11.8 Å². The summed E-state index contributed by atoms with van der Waals surface area (Å²) in [5.41, 5.74) is 0.180. The molecule has 7 nitrogen and oxygen atoms in total. The second-order valence-electron chi connectivity index (χ2n) is 6.94. The molecule has 10 heteroatoms. The number of rotatable bonds is 4. The first kappa shape index (κ1) is 19.4. The Morgan fingerprint density at radius 1 is 1.10 bits per heavy atom. The molecule has 0 saturated carbocycles. The number of fused-ring (bicyclic) bond motifs is 1. The minimum Gasteiger partial charge on any atom is -0.497 e. The van der Waals surface area contributed by atoms with Crippen LogP contribution in [0.3, 0.4) is 0 Å². The van der Waals surface area contributed by atoms with E-state index in [0.29, 0.717) is 32.0 Å². The summed E-state index contributed by atoms with van der Waals surface area (Å²) < 4.78 is 46.3. The largest absolute Gasteiger partial charge is 0.497 e. The van der Waals surface area contributed by atoms with Crippen LogP contribution < -0.4 is 9.64 Å². The van der Waals surface area contributed by atoms with Gasteiger partial charge in [0.2, 0.25) is 0 Å². The summed E-state index contributed by atoms with van der Waals surface area (Å²) in [5, 5.41) is 4.04. The fraction of sp³-hybridized carbons (Fsp3) is 0.421. The number of ether oxygens (including phenoxy) is 1. The lowest BCUT2D eigenvalue weighted by atomic mass is 10.1. The maximum atomic E-state index is 13.2. The van der Waals surface area contributed by atoms with E-state index in [0.717, 1.165) is 17.4 Å². The Labute approximate surface area is 165 Å². The number of aromatic nitrogens is 4. The highest BCUT2D eigenvalue weighted by molar-refractivity contribution is 5.48. The molecule has 1 atom stereocenters. The fourth-order valence-corrected chi connectivity index (χ4v) is 3.62. The van der Waals surface area contributed by atoms with Crippen LogP contribution >= 0.6 is 0 Å². The summed E-state index contributed by atoms with van der Waals surface area (Å²) in [4.78, 5) is 11.6. The highest BCUT2D eigenvalue weighted by Crippen LogP contribution is 2.31. The Morgan fingerprint density at radius 3 is 2.55 bits per heavy atom. The number of piperazine rings is 1. The average Bonchev–Trinajstić information content (AvgIpc) is 3.21. The maximum Gasteiger partial charge on any atom is 0.433 e. The minimum atomic E-state index is -4.54. The molecule has 0 N–H and O–H groups in total. The number of hydrogen-bond donors (Lipinski definition) is 0. The smallest absolute Gasteiger partial charge is 0.433 e. The summed E-state index contributed by atoms with van der Waals surface area (Å²) in [7, 11) is 1.64. The van der Waals surface area contributed by atoms with Gasteiger partial charge in [0.05, 0.1) is 7.11 Å². The summed E-state index contributed by atoms with van der Waals surface area (Å²) in [6, 6.07) is 9.13. The lowest BCUT2D eigenvalue weighted by Crippen LogP contribution is -2.47. The molecule has 0 aliphatic carbocycles. The van der Waals surface area contributed by atoms with Gasteiger partial charge in [-0.2, -0.15) is 27.8 Å². The minimum absolute atomic E-state index is 0.0537. The van der Waals surface area contributed by atoms with E-state index < -0.39 is 11.9 Å². The van der Waals surface area contributed by atoms with E-state index in [4.69, 9.17) is 4.74 Å². The lowest BCUT2D eigenvalue weighted by molar-refractivity contribution is -0.141. The first-order valence-corrected chi connectivity index (χ1v) is 9.28. The van der Waals surface area contributed by atoms with Crippen LogP contribution in [0.15, 0.2) is 36.7 Å². The standard InChI is InChI=1S/C19H21F3N6O/c1-13(14-4-3-5-15(10-14)29-2)26-6-8-27(9-7-26)17-11-16(19(20,21)22)25-18-23-12-24-28(17)18/h3-5,10-13H,6-9H2,1-2H3. The third-order valence-electron chi connectivity index (χ3n) is 5.29. The zero-order chi connectivity index (χ0) is 20.6. The van der Waals surface area contributed by atoms with Gasteiger partial charge in [0.15, 0.2) is 5.69 Å². The predicted octanol–water partition coefficient (Wildman–Crippen LogP) is 3.03. The Balaban J connectivity index is 1.53. The van der Waals surface area contributed by atoms with Gasteiger partial charge < -0.3 is 9.64 Å². The lowest BCUT2D eigenvalue weighted by Gasteiger charge is -2.39. The normalized spacial score (nSPS) is 16.9. The van der Waals surface area contributed by atoms with E-state index in [2.05, 4.69) is 33.0 Å². The van der Waals surface area contributed by atoms with Gasteiger partial charge in [-0.25, -0.2) is 4.98 Å². The second-order valence-corrected chi connectivity index (χ2v) is 6.94. The van der Waals surface area contributed by atoms with Gasteiger partial charge in [0.1, 0.15) is 17.9 Å². The van der Waals surface area contributed by atoms with Crippen LogP contribution in [0.25, 0.3) is 5.78 Å². The van der Waals surface area contributed by atoms with Gasteiger partial charge in [-0.05, 0) is 24.6 Å². The number of alkyl halides is 3. The Bertz CT molecular complexity index is 997. The Kier molecular flexibility index (Phi) is 5.03. The van der Waals surface area contributed by atoms with Crippen molar-refractivity contribution in [2.45, 2.75) is 19.1 Å². The van der Waals surface area contributed by atoms with Crippen LogP contribution in [-0.2, 0) is 6.18 Å². The van der Waals surface area contributed by atoms with Crippen LogP contribution in [0.1, 0.15) is 24.2 Å². The molecule has 0 bridgehead atoms. The SMILES string of the molecule is COc1cccc(C(C)N2CCN(c3cc(C(F)(F)F)nc4ncnn34)CC2)c1. The van der Waals surface area contributed by atoms with Crippen molar-refractivity contribution in [3.63, 3.8) is 0 Å². The van der Waals surface area contributed by atoms with Gasteiger partial charge >= 0.3 is 6.18 Å². The molecule has 2 aromatic heterocycles. The van der Waals surface area contributed by atoms with Crippen LogP contribution in [0.2, 0.25) is 0 Å². The van der Waals surface area contributed by atoms with Crippen LogP contribution in [0, 0.1) is 0 Å². The second kappa shape index (κ2) is 7.51. The topological polar surface area (TPSA) is 58.8 Å². The average molecular weight is 406 g/mol. The van der Waals surface area contributed by atoms with Crippen LogP contribution in [0.5, 0.6) is 5.75 Å². The van der Waals surface area contributed by atoms with Crippen molar-refractivity contribution in [3.8, 4) is 5.75 Å². The van der Waals surface area contributed by atoms with E-state index in [1.165, 1.54) is 10.8 Å². The third-order valence-corrected chi connectivity index (χ3v) is 5.29. The summed E-state index contributed by atoms with van der Waals surface area (Å²) in [5.74, 6) is 1.11. The zero-order valence-electron chi connectivity index (χ0n) is 16.1. The van der Waals surface area contributed by atoms with Crippen molar-refractivity contribution in [1.82, 2.24) is 24.5 Å². The molecule has 1 aliphatic heterocycles. The molecule has 1 unspecified atom stereocenters. The van der Waals surface area contributed by atoms with Gasteiger partial charge in [0.25, 0.3) is 5.78 Å².